The van der Waals surface area contributed by atoms with Gasteiger partial charge in [-0.15, -0.1) is 0 Å². The molecule has 0 aliphatic rings. The van der Waals surface area contributed by atoms with Crippen LogP contribution in [0.3, 0.4) is 0 Å². The van der Waals surface area contributed by atoms with Crippen LogP contribution in [0.1, 0.15) is 47.1 Å². The summed E-state index contributed by atoms with van der Waals surface area (Å²) in [5.74, 6) is 0. The molecule has 5 nitrogen and oxygen atoms in total. The maximum absolute atomic E-state index is 12.3. The molecule has 1 atom stereocenters. The Kier molecular flexibility index (Phi) is 5.90. The molecule has 0 aliphatic carbocycles. The molecule has 1 rings (SSSR count). The van der Waals surface area contributed by atoms with Crippen molar-refractivity contribution in [3.05, 3.63) is 23.9 Å². The van der Waals surface area contributed by atoms with Gasteiger partial charge in [0.15, 0.2) is 5.03 Å². The highest BCUT2D eigenvalue weighted by Crippen LogP contribution is 2.20. The first-order chi connectivity index (χ1) is 9.52. The average Bonchev–Trinajstić information content (AvgIpc) is 2.35. The van der Waals surface area contributed by atoms with Crippen LogP contribution in [0.2, 0.25) is 0 Å². The van der Waals surface area contributed by atoms with Gasteiger partial charge in [0, 0.05) is 24.8 Å². The molecule has 6 heteroatoms. The van der Waals surface area contributed by atoms with E-state index in [-0.39, 0.29) is 16.5 Å². The molecule has 0 spiro atoms. The van der Waals surface area contributed by atoms with E-state index < -0.39 is 10.0 Å². The van der Waals surface area contributed by atoms with Crippen molar-refractivity contribution in [3.63, 3.8) is 0 Å². The van der Waals surface area contributed by atoms with Crippen molar-refractivity contribution in [2.24, 2.45) is 5.41 Å². The van der Waals surface area contributed by atoms with Crippen molar-refractivity contribution in [2.45, 2.75) is 65.2 Å². The lowest BCUT2D eigenvalue weighted by molar-refractivity contribution is 0.317. The monoisotopic (exact) mass is 313 g/mol. The van der Waals surface area contributed by atoms with Crippen LogP contribution < -0.4 is 10.0 Å². The second-order valence-electron chi connectivity index (χ2n) is 6.75. The highest BCUT2D eigenvalue weighted by atomic mass is 32.2. The number of sulfonamides is 1. The molecule has 0 saturated carbocycles. The van der Waals surface area contributed by atoms with Crippen LogP contribution in [0, 0.1) is 5.41 Å². The number of hydrogen-bond acceptors (Lipinski definition) is 4. The normalized spacial score (nSPS) is 14.4. The van der Waals surface area contributed by atoms with Gasteiger partial charge >= 0.3 is 0 Å². The SMILES string of the molecule is CC(C)NCc1ccc(S(=O)(=O)NC(C)C(C)(C)C)nc1. The van der Waals surface area contributed by atoms with Crippen molar-refractivity contribution >= 4 is 10.0 Å². The van der Waals surface area contributed by atoms with E-state index in [0.717, 1.165) is 5.56 Å². The molecule has 0 aromatic carbocycles. The third-order valence-electron chi connectivity index (χ3n) is 3.42. The number of aromatic nitrogens is 1. The lowest BCUT2D eigenvalue weighted by atomic mass is 9.89. The molecular weight excluding hydrogens is 286 g/mol. The van der Waals surface area contributed by atoms with Crippen molar-refractivity contribution < 1.29 is 8.42 Å². The maximum Gasteiger partial charge on any atom is 0.258 e. The van der Waals surface area contributed by atoms with E-state index in [1.807, 2.05) is 27.7 Å². The van der Waals surface area contributed by atoms with Gasteiger partial charge in [0.25, 0.3) is 10.0 Å². The van der Waals surface area contributed by atoms with Crippen LogP contribution >= 0.6 is 0 Å². The molecule has 2 N–H and O–H groups in total. The number of nitrogens with zero attached hydrogens (tertiary/aromatic N) is 1. The number of pyridine rings is 1. The molecule has 1 aromatic heterocycles. The van der Waals surface area contributed by atoms with Gasteiger partial charge in [-0.25, -0.2) is 18.1 Å². The smallest absolute Gasteiger partial charge is 0.258 e. The summed E-state index contributed by atoms with van der Waals surface area (Å²) in [6.45, 7) is 12.6. The van der Waals surface area contributed by atoms with Crippen molar-refractivity contribution in [3.8, 4) is 0 Å². The van der Waals surface area contributed by atoms with Crippen LogP contribution in [-0.4, -0.2) is 25.5 Å². The molecule has 0 bridgehead atoms. The van der Waals surface area contributed by atoms with Crippen molar-refractivity contribution in [1.82, 2.24) is 15.0 Å². The van der Waals surface area contributed by atoms with Gasteiger partial charge in [0.05, 0.1) is 0 Å². The molecule has 1 aromatic rings. The van der Waals surface area contributed by atoms with Gasteiger partial charge in [-0.3, -0.25) is 0 Å². The summed E-state index contributed by atoms with van der Waals surface area (Å²) >= 11 is 0. The fourth-order valence-corrected chi connectivity index (χ4v) is 2.84. The van der Waals surface area contributed by atoms with Gasteiger partial charge in [-0.2, -0.15) is 0 Å². The molecule has 0 saturated heterocycles. The summed E-state index contributed by atoms with van der Waals surface area (Å²) in [5.41, 5.74) is 0.820. The van der Waals surface area contributed by atoms with Crippen molar-refractivity contribution in [2.75, 3.05) is 0 Å². The Hall–Kier alpha value is -0.980. The van der Waals surface area contributed by atoms with Crippen LogP contribution in [-0.2, 0) is 16.6 Å². The highest BCUT2D eigenvalue weighted by Gasteiger charge is 2.26. The minimum absolute atomic E-state index is 0.0619. The van der Waals surface area contributed by atoms with E-state index in [1.54, 1.807) is 18.3 Å². The summed E-state index contributed by atoms with van der Waals surface area (Å²) in [5, 5.41) is 3.33. The Morgan fingerprint density at radius 3 is 2.24 bits per heavy atom. The highest BCUT2D eigenvalue weighted by molar-refractivity contribution is 7.89. The van der Waals surface area contributed by atoms with E-state index in [9.17, 15) is 8.42 Å². The molecule has 0 amide bonds. The second kappa shape index (κ2) is 6.85. The van der Waals surface area contributed by atoms with Crippen LogP contribution in [0.15, 0.2) is 23.4 Å². The Balaban J connectivity index is 2.80. The average molecular weight is 313 g/mol. The summed E-state index contributed by atoms with van der Waals surface area (Å²) in [7, 11) is -3.57. The molecule has 0 radical (unpaired) electrons. The molecule has 1 unspecified atom stereocenters. The topological polar surface area (TPSA) is 71.1 Å². The van der Waals surface area contributed by atoms with Gasteiger partial charge in [0.2, 0.25) is 0 Å². The first-order valence-electron chi connectivity index (χ1n) is 7.23. The third kappa shape index (κ3) is 5.73. The Morgan fingerprint density at radius 1 is 1.19 bits per heavy atom. The molecule has 21 heavy (non-hydrogen) atoms. The van der Waals surface area contributed by atoms with E-state index in [0.29, 0.717) is 12.6 Å². The van der Waals surface area contributed by atoms with E-state index in [1.165, 1.54) is 0 Å². The minimum Gasteiger partial charge on any atom is -0.310 e. The molecule has 0 fully saturated rings. The Bertz CT molecular complexity index is 545. The van der Waals surface area contributed by atoms with Gasteiger partial charge in [0.1, 0.15) is 0 Å². The zero-order chi connectivity index (χ0) is 16.3. The largest absolute Gasteiger partial charge is 0.310 e. The van der Waals surface area contributed by atoms with Crippen molar-refractivity contribution in [1.29, 1.82) is 0 Å². The fourth-order valence-electron chi connectivity index (χ4n) is 1.47. The molecular formula is C15H27N3O2S. The van der Waals surface area contributed by atoms with E-state index >= 15 is 0 Å². The van der Waals surface area contributed by atoms with Gasteiger partial charge in [-0.1, -0.05) is 40.7 Å². The standard InChI is InChI=1S/C15H27N3O2S/c1-11(2)16-9-13-7-8-14(17-10-13)21(19,20)18-12(3)15(4,5)6/h7-8,10-12,16,18H,9H2,1-6H3. The van der Waals surface area contributed by atoms with E-state index in [4.69, 9.17) is 0 Å². The summed E-state index contributed by atoms with van der Waals surface area (Å²) in [6.07, 6.45) is 1.60. The third-order valence-corrected chi connectivity index (χ3v) is 4.87. The van der Waals surface area contributed by atoms with E-state index in [2.05, 4.69) is 28.9 Å². The predicted molar refractivity (Wildman–Crippen MR) is 85.5 cm³/mol. The lowest BCUT2D eigenvalue weighted by Crippen LogP contribution is -2.41. The maximum atomic E-state index is 12.3. The summed E-state index contributed by atoms with van der Waals surface area (Å²) < 4.78 is 27.2. The number of nitrogens with one attached hydrogen (secondary N) is 2. The first kappa shape index (κ1) is 18.1. The zero-order valence-corrected chi connectivity index (χ0v) is 14.6. The van der Waals surface area contributed by atoms with Crippen LogP contribution in [0.4, 0.5) is 0 Å². The Morgan fingerprint density at radius 2 is 1.81 bits per heavy atom. The lowest BCUT2D eigenvalue weighted by Gasteiger charge is -2.27. The van der Waals surface area contributed by atoms with Gasteiger partial charge in [-0.05, 0) is 24.0 Å². The van der Waals surface area contributed by atoms with Crippen LogP contribution in [0.5, 0.6) is 0 Å². The first-order valence-corrected chi connectivity index (χ1v) is 8.71. The molecule has 1 heterocycles. The Labute approximate surface area is 128 Å². The number of rotatable bonds is 6. The fraction of sp³-hybridized carbons (Fsp3) is 0.667. The number of hydrogen-bond donors (Lipinski definition) is 2. The summed E-state index contributed by atoms with van der Waals surface area (Å²) in [4.78, 5) is 4.07. The zero-order valence-electron chi connectivity index (χ0n) is 13.8. The van der Waals surface area contributed by atoms with Gasteiger partial charge < -0.3 is 5.32 Å². The summed E-state index contributed by atoms with van der Waals surface area (Å²) in [6, 6.07) is 3.54. The van der Waals surface area contributed by atoms with Crippen LogP contribution in [0.25, 0.3) is 0 Å². The quantitative estimate of drug-likeness (QED) is 0.845. The predicted octanol–water partition coefficient (Wildman–Crippen LogP) is 2.29. The molecule has 120 valence electrons. The molecule has 0 aliphatic heterocycles. The minimum atomic E-state index is -3.57. The second-order valence-corrected chi connectivity index (χ2v) is 8.41.